The summed E-state index contributed by atoms with van der Waals surface area (Å²) in [5.41, 5.74) is 15.8. The first-order valence-corrected chi connectivity index (χ1v) is 14.0. The second-order valence-electron chi connectivity index (χ2n) is 1.83. The van der Waals surface area contributed by atoms with Crippen molar-refractivity contribution in [2.45, 2.75) is 0 Å². The predicted octanol–water partition coefficient (Wildman–Crippen LogP) is 2.07. The van der Waals surface area contributed by atoms with Gasteiger partial charge in [0.15, 0.2) is 0 Å². The van der Waals surface area contributed by atoms with E-state index in [1.165, 1.54) is 0 Å². The maximum atomic E-state index is 7.89. The summed E-state index contributed by atoms with van der Waals surface area (Å²) < 4.78 is 2.00. The van der Waals surface area contributed by atoms with Crippen molar-refractivity contribution in [1.29, 1.82) is 0 Å². The molecule has 0 N–H and O–H groups in total. The normalized spacial score (nSPS) is 4.00. The van der Waals surface area contributed by atoms with Crippen LogP contribution in [-0.2, 0) is 105 Å². The molecule has 0 saturated heterocycles. The summed E-state index contributed by atoms with van der Waals surface area (Å²) in [7, 11) is 23.6. The molecular weight excluding hydrogens is 648 g/mol. The van der Waals surface area contributed by atoms with Crippen LogP contribution in [0.2, 0.25) is 0 Å². The number of rotatable bonds is 0. The Morgan fingerprint density at radius 3 is 0.632 bits per heavy atom. The Balaban J connectivity index is -0.00000000929. The van der Waals surface area contributed by atoms with Gasteiger partial charge in [-0.2, -0.15) is 0 Å². The Bertz CT molecular complexity index is 196. The van der Waals surface area contributed by atoms with E-state index < -0.39 is 0 Å². The van der Waals surface area contributed by atoms with Crippen LogP contribution in [-0.4, -0.2) is 37.6 Å². The van der Waals surface area contributed by atoms with E-state index in [9.17, 15) is 0 Å². The molecule has 0 rings (SSSR count). The summed E-state index contributed by atoms with van der Waals surface area (Å²) in [6.07, 6.45) is 0. The van der Waals surface area contributed by atoms with Crippen molar-refractivity contribution < 1.29 is 60.3 Å². The fourth-order valence-electron chi connectivity index (χ4n) is 0. The Morgan fingerprint density at radius 1 is 0.632 bits per heavy atom. The summed E-state index contributed by atoms with van der Waals surface area (Å²) in [6.45, 7) is 0. The number of hydrogen-bond donors (Lipinski definition) is 0. The van der Waals surface area contributed by atoms with E-state index in [1.807, 2.05) is 0 Å². The van der Waals surface area contributed by atoms with Crippen molar-refractivity contribution >= 4 is 93.3 Å². The second-order valence-corrected chi connectivity index (χ2v) is 8.94. The van der Waals surface area contributed by atoms with Crippen LogP contribution < -0.4 is 0 Å². The van der Waals surface area contributed by atoms with E-state index in [0.717, 1.165) is 9.39 Å². The standard InChI is InChI=1S/2C2H6N2.3Mo.4H2S.4S/c2*1-4(2)3;;;;;;;;;;;/h2*1-2H3;;;;4*1H2;;;;/q;;;;+4;;;;;;;;/p-4. The predicted molar refractivity (Wildman–Crippen MR) is 96.3 cm³/mol. The van der Waals surface area contributed by atoms with Crippen LogP contribution in [0.4, 0.5) is 0 Å². The van der Waals surface area contributed by atoms with Gasteiger partial charge < -0.3 is 74.4 Å². The molecule has 0 saturated carbocycles. The first-order chi connectivity index (χ1) is 6.29. The van der Waals surface area contributed by atoms with Gasteiger partial charge in [-0.15, -0.1) is 0 Å². The van der Waals surface area contributed by atoms with Crippen LogP contribution in [0.3, 0.4) is 0 Å². The number of hydrogen-bond acceptors (Lipinski definition) is 8. The molecule has 0 heterocycles. The van der Waals surface area contributed by atoms with Crippen LogP contribution in [0.5, 0.6) is 0 Å². The summed E-state index contributed by atoms with van der Waals surface area (Å²) >= 11 is -0.727. The van der Waals surface area contributed by atoms with E-state index in [2.05, 4.69) is 39.3 Å². The summed E-state index contributed by atoms with van der Waals surface area (Å²) in [4.78, 5) is 0. The molecule has 0 aromatic carbocycles. The molecule has 0 aliphatic heterocycles. The van der Waals surface area contributed by atoms with Gasteiger partial charge in [-0.1, -0.05) is 0 Å². The van der Waals surface area contributed by atoms with Crippen molar-refractivity contribution in [3.63, 3.8) is 0 Å². The molecule has 0 bridgehead atoms. The second kappa shape index (κ2) is 68.2. The Labute approximate surface area is 189 Å². The molecule has 0 atom stereocenters. The molecule has 15 heteroatoms. The molecular formula is C4H16Mo3N4S8. The van der Waals surface area contributed by atoms with Crippen molar-refractivity contribution in [2.75, 3.05) is 28.2 Å². The molecule has 0 amide bonds. The monoisotopic (exact) mass is 670 g/mol. The third kappa shape index (κ3) is 655. The average molecular weight is 665 g/mol. The molecule has 19 heavy (non-hydrogen) atoms. The molecule has 0 unspecified atom stereocenters. The van der Waals surface area contributed by atoms with E-state index >= 15 is 0 Å². The molecule has 0 aromatic rings. The van der Waals surface area contributed by atoms with Gasteiger partial charge in [0.25, 0.3) is 0 Å². The topological polar surface area (TPSA) is 50.6 Å². The quantitative estimate of drug-likeness (QED) is 0.128. The van der Waals surface area contributed by atoms with Crippen molar-refractivity contribution in [1.82, 2.24) is 0 Å². The molecule has 118 valence electrons. The van der Waals surface area contributed by atoms with Gasteiger partial charge in [-0.25, -0.2) is 0 Å². The zero-order chi connectivity index (χ0) is 12.6. The molecule has 0 aromatic heterocycles. The van der Waals surface area contributed by atoms with Gasteiger partial charge in [0, 0.05) is 0 Å². The van der Waals surface area contributed by atoms with Crippen LogP contribution in [0.1, 0.15) is 0 Å². The van der Waals surface area contributed by atoms with Crippen molar-refractivity contribution in [2.24, 2.45) is 0 Å². The SMILES string of the molecule is C[N+](C)=[N-].C[N+](C)=[N-].[Mo+4].[SH-].[SH-].[SH-].[SH-].[S]=[Mo]=[S].[S]=[Mo]=[S]. The third-order valence-corrected chi connectivity index (χ3v) is 0. The minimum absolute atomic E-state index is 0. The fraction of sp³-hybridized carbons (Fsp3) is 1.00. The van der Waals surface area contributed by atoms with Gasteiger partial charge in [0.1, 0.15) is 28.2 Å². The first kappa shape index (κ1) is 57.0. The van der Waals surface area contributed by atoms with Gasteiger partial charge >= 0.3 is 90.2 Å². The summed E-state index contributed by atoms with van der Waals surface area (Å²) in [5, 5.41) is 0. The Kier molecular flexibility index (Phi) is 205. The number of nitrogens with zero attached hydrogens (tertiary/aromatic N) is 4. The van der Waals surface area contributed by atoms with Crippen LogP contribution in [0, 0.1) is 0 Å². The van der Waals surface area contributed by atoms with Crippen LogP contribution in [0.15, 0.2) is 0 Å². The average Bonchev–Trinajstić information content (AvgIpc) is 1.85. The molecule has 0 aliphatic rings. The van der Waals surface area contributed by atoms with Gasteiger partial charge in [0.05, 0.1) is 0 Å². The maximum absolute atomic E-state index is 7.89. The van der Waals surface area contributed by atoms with Crippen molar-refractivity contribution in [3.8, 4) is 0 Å². The van der Waals surface area contributed by atoms with Gasteiger partial charge in [0.2, 0.25) is 0 Å². The Morgan fingerprint density at radius 2 is 0.632 bits per heavy atom. The van der Waals surface area contributed by atoms with Gasteiger partial charge in [-0.05, 0) is 0 Å². The summed E-state index contributed by atoms with van der Waals surface area (Å²) in [5.74, 6) is 0. The molecule has 0 aliphatic carbocycles. The molecule has 0 radical (unpaired) electrons. The molecule has 0 fully saturated rings. The van der Waals surface area contributed by atoms with E-state index in [4.69, 9.17) is 11.1 Å². The van der Waals surface area contributed by atoms with E-state index in [0.29, 0.717) is 0 Å². The minimum atomic E-state index is -0.363. The van der Waals surface area contributed by atoms with E-state index in [-0.39, 0.29) is 105 Å². The van der Waals surface area contributed by atoms with Crippen LogP contribution >= 0.6 is 39.3 Å². The number of thiol groups is 4. The Hall–Kier alpha value is 3.54. The first-order valence-electron chi connectivity index (χ1n) is 2.86. The van der Waals surface area contributed by atoms with Crippen molar-refractivity contribution in [3.05, 3.63) is 11.1 Å². The fourth-order valence-corrected chi connectivity index (χ4v) is 0. The zero-order valence-corrected chi connectivity index (χ0v) is 23.3. The van der Waals surface area contributed by atoms with E-state index in [1.54, 1.807) is 28.2 Å². The zero-order valence-electron chi connectivity index (χ0n) is 10.4. The molecule has 4 nitrogen and oxygen atoms in total. The molecule has 0 spiro atoms. The summed E-state index contributed by atoms with van der Waals surface area (Å²) in [6, 6.07) is 0. The van der Waals surface area contributed by atoms with Crippen LogP contribution in [0.25, 0.3) is 11.1 Å². The third-order valence-electron chi connectivity index (χ3n) is 0. The van der Waals surface area contributed by atoms with Gasteiger partial charge in [-0.3, -0.25) is 0 Å².